The van der Waals surface area contributed by atoms with E-state index in [-0.39, 0.29) is 22.1 Å². The van der Waals surface area contributed by atoms with Gasteiger partial charge in [0.1, 0.15) is 5.60 Å². The van der Waals surface area contributed by atoms with Crippen LogP contribution in [0.5, 0.6) is 0 Å². The first-order valence-electron chi connectivity index (χ1n) is 18.5. The van der Waals surface area contributed by atoms with E-state index in [1.165, 1.54) is 10.4 Å². The minimum Gasteiger partial charge on any atom is -0.537 e. The van der Waals surface area contributed by atoms with Crippen LogP contribution >= 0.6 is 0 Å². The maximum Gasteiger partial charge on any atom is 0.337 e. The average molecular weight is 721 g/mol. The lowest BCUT2D eigenvalue weighted by Crippen LogP contribution is -2.67. The molecule has 0 radical (unpaired) electrons. The highest BCUT2D eigenvalue weighted by Crippen LogP contribution is 2.41. The van der Waals surface area contributed by atoms with Crippen molar-refractivity contribution < 1.29 is 18.4 Å². The second-order valence-corrected chi connectivity index (χ2v) is 25.1. The number of rotatable bonds is 13. The smallest absolute Gasteiger partial charge is 0.337 e. The zero-order valence-electron chi connectivity index (χ0n) is 32.9. The lowest BCUT2D eigenvalue weighted by Gasteiger charge is -2.45. The number of ether oxygens (including phenoxy) is 1. The summed E-state index contributed by atoms with van der Waals surface area (Å²) >= 11 is 0. The SMILES string of the molecule is CCC(CC/C(O[Si](c1ccccc1)(c1ccccc1)C(C)(C)C)=C(\C)C(=O)OC(C)(C)C)O[Si](c1ccccc1)(c1ccccc1)C(C)(C)C. The molecule has 0 saturated heterocycles. The first-order valence-corrected chi connectivity index (χ1v) is 22.3. The zero-order chi connectivity index (χ0) is 37.5. The fourth-order valence-corrected chi connectivity index (χ4v) is 16.6. The number of allylic oxidation sites excluding steroid dienone is 1. The Balaban J connectivity index is 1.86. The van der Waals surface area contributed by atoms with Crippen molar-refractivity contribution in [2.45, 2.75) is 117 Å². The number of carbonyl (C=O) groups excluding carboxylic acids is 1. The molecule has 0 heterocycles. The molecule has 1 atom stereocenters. The Hall–Kier alpha value is -3.72. The molecule has 0 bridgehead atoms. The van der Waals surface area contributed by atoms with Crippen LogP contribution in [-0.4, -0.2) is 34.3 Å². The lowest BCUT2D eigenvalue weighted by atomic mass is 10.1. The van der Waals surface area contributed by atoms with Crippen molar-refractivity contribution in [3.05, 3.63) is 133 Å². The van der Waals surface area contributed by atoms with Crippen molar-refractivity contribution >= 4 is 43.4 Å². The Bertz CT molecular complexity index is 1640. The second kappa shape index (κ2) is 16.3. The molecule has 6 heteroatoms. The molecule has 272 valence electrons. The first-order chi connectivity index (χ1) is 24.0. The van der Waals surface area contributed by atoms with Crippen LogP contribution in [0.25, 0.3) is 0 Å². The molecule has 0 fully saturated rings. The van der Waals surface area contributed by atoms with E-state index in [0.717, 1.165) is 16.8 Å². The molecular weight excluding hydrogens is 661 g/mol. The van der Waals surface area contributed by atoms with Gasteiger partial charge in [-0.05, 0) is 71.4 Å². The largest absolute Gasteiger partial charge is 0.537 e. The van der Waals surface area contributed by atoms with Gasteiger partial charge in [0.05, 0.1) is 11.3 Å². The lowest BCUT2D eigenvalue weighted by molar-refractivity contribution is -0.150. The van der Waals surface area contributed by atoms with E-state index < -0.39 is 22.2 Å². The summed E-state index contributed by atoms with van der Waals surface area (Å²) in [4.78, 5) is 13.9. The number of carbonyl (C=O) groups is 1. The fraction of sp³-hybridized carbons (Fsp3) is 0.400. The highest BCUT2D eigenvalue weighted by molar-refractivity contribution is 7.00. The van der Waals surface area contributed by atoms with Crippen LogP contribution in [0, 0.1) is 0 Å². The van der Waals surface area contributed by atoms with Gasteiger partial charge < -0.3 is 13.6 Å². The minimum atomic E-state index is -3.04. The van der Waals surface area contributed by atoms with Crippen molar-refractivity contribution in [3.63, 3.8) is 0 Å². The van der Waals surface area contributed by atoms with Gasteiger partial charge in [0.2, 0.25) is 0 Å². The highest BCUT2D eigenvalue weighted by Gasteiger charge is 2.53. The molecule has 0 aliphatic carbocycles. The summed E-state index contributed by atoms with van der Waals surface area (Å²) in [5.74, 6) is 0.333. The molecule has 4 aromatic carbocycles. The van der Waals surface area contributed by atoms with E-state index >= 15 is 0 Å². The molecule has 0 amide bonds. The molecule has 0 spiro atoms. The van der Waals surface area contributed by atoms with Crippen LogP contribution in [0.4, 0.5) is 0 Å². The fourth-order valence-electron chi connectivity index (χ4n) is 7.20. The van der Waals surface area contributed by atoms with E-state index in [9.17, 15) is 4.79 Å². The standard InChI is InChI=1S/C45H60O4Si2/c1-12-36(48-50(44(6,7)8,37-25-17-13-18-26-37)38-27-19-14-20-28-38)33-34-41(35(2)42(46)47-43(3,4)5)49-51(45(9,10)11,39-29-21-15-22-30-39)40-31-23-16-24-32-40/h13-32,36H,12,33-34H2,1-11H3/b41-35-. The zero-order valence-corrected chi connectivity index (χ0v) is 34.9. The van der Waals surface area contributed by atoms with E-state index in [2.05, 4.69) is 158 Å². The van der Waals surface area contributed by atoms with Crippen LogP contribution in [0.3, 0.4) is 0 Å². The van der Waals surface area contributed by atoms with Crippen LogP contribution < -0.4 is 20.7 Å². The molecule has 1 unspecified atom stereocenters. The van der Waals surface area contributed by atoms with E-state index in [4.69, 9.17) is 13.6 Å². The molecule has 4 rings (SSSR count). The number of hydrogen-bond donors (Lipinski definition) is 0. The molecule has 51 heavy (non-hydrogen) atoms. The third-order valence-electron chi connectivity index (χ3n) is 9.73. The quantitative estimate of drug-likeness (QED) is 0.0598. The Morgan fingerprint density at radius 3 is 1.25 bits per heavy atom. The normalized spacial score (nSPS) is 14.0. The topological polar surface area (TPSA) is 44.8 Å². The molecule has 4 nitrogen and oxygen atoms in total. The van der Waals surface area contributed by atoms with Gasteiger partial charge >= 0.3 is 14.3 Å². The third-order valence-corrected chi connectivity index (χ3v) is 19.8. The van der Waals surface area contributed by atoms with E-state index in [1.54, 1.807) is 0 Å². The van der Waals surface area contributed by atoms with Crippen molar-refractivity contribution in [1.29, 1.82) is 0 Å². The van der Waals surface area contributed by atoms with Gasteiger partial charge in [-0.3, -0.25) is 0 Å². The number of esters is 1. The third kappa shape index (κ3) is 9.03. The minimum absolute atomic E-state index is 0.0829. The summed E-state index contributed by atoms with van der Waals surface area (Å²) in [6.45, 7) is 23.5. The Morgan fingerprint density at radius 1 is 0.588 bits per heavy atom. The predicted molar refractivity (Wildman–Crippen MR) is 219 cm³/mol. The maximum atomic E-state index is 13.9. The molecule has 0 aromatic heterocycles. The summed E-state index contributed by atoms with van der Waals surface area (Å²) in [7, 11) is -5.85. The van der Waals surface area contributed by atoms with Crippen molar-refractivity contribution in [2.24, 2.45) is 0 Å². The van der Waals surface area contributed by atoms with Gasteiger partial charge in [0, 0.05) is 12.5 Å². The number of benzene rings is 4. The summed E-state index contributed by atoms with van der Waals surface area (Å²) in [5.41, 5.74) is -0.127. The predicted octanol–water partition coefficient (Wildman–Crippen LogP) is 9.31. The van der Waals surface area contributed by atoms with Crippen LogP contribution in [-0.2, 0) is 18.4 Å². The highest BCUT2D eigenvalue weighted by atomic mass is 28.4. The first kappa shape index (κ1) is 40.1. The summed E-state index contributed by atoms with van der Waals surface area (Å²) < 4.78 is 21.2. The second-order valence-electron chi connectivity index (χ2n) is 16.7. The molecule has 0 aliphatic heterocycles. The van der Waals surface area contributed by atoms with Gasteiger partial charge in [-0.25, -0.2) is 4.79 Å². The van der Waals surface area contributed by atoms with Gasteiger partial charge in [0.15, 0.2) is 0 Å². The van der Waals surface area contributed by atoms with Gasteiger partial charge in [0.25, 0.3) is 8.32 Å². The van der Waals surface area contributed by atoms with Gasteiger partial charge in [-0.15, -0.1) is 0 Å². The van der Waals surface area contributed by atoms with Gasteiger partial charge in [-0.1, -0.05) is 170 Å². The molecule has 0 N–H and O–H groups in total. The van der Waals surface area contributed by atoms with Crippen LogP contribution in [0.15, 0.2) is 133 Å². The summed E-state index contributed by atoms with van der Waals surface area (Å²) in [5, 5.41) is 4.41. The molecule has 0 aliphatic rings. The van der Waals surface area contributed by atoms with Crippen LogP contribution in [0.1, 0.15) is 95.4 Å². The maximum absolute atomic E-state index is 13.9. The van der Waals surface area contributed by atoms with Crippen molar-refractivity contribution in [3.8, 4) is 0 Å². The van der Waals surface area contributed by atoms with Crippen LogP contribution in [0.2, 0.25) is 10.1 Å². The van der Waals surface area contributed by atoms with E-state index in [1.807, 2.05) is 39.8 Å². The number of hydrogen-bond acceptors (Lipinski definition) is 4. The Kier molecular flexibility index (Phi) is 12.8. The summed E-state index contributed by atoms with van der Waals surface area (Å²) in [6.07, 6.45) is 1.96. The molecule has 0 saturated carbocycles. The Labute approximate surface area is 310 Å². The van der Waals surface area contributed by atoms with Crippen molar-refractivity contribution in [2.75, 3.05) is 0 Å². The summed E-state index contributed by atoms with van der Waals surface area (Å²) in [6, 6.07) is 42.8. The van der Waals surface area contributed by atoms with E-state index in [0.29, 0.717) is 24.2 Å². The monoisotopic (exact) mass is 720 g/mol. The van der Waals surface area contributed by atoms with Crippen molar-refractivity contribution in [1.82, 2.24) is 0 Å². The Morgan fingerprint density at radius 2 is 0.941 bits per heavy atom. The van der Waals surface area contributed by atoms with Gasteiger partial charge in [-0.2, -0.15) is 0 Å². The molecular formula is C45H60O4Si2. The molecule has 4 aromatic rings. The average Bonchev–Trinajstić information content (AvgIpc) is 3.09.